The number of nitrogens with zero attached hydrogens (tertiary/aromatic N) is 4. The van der Waals surface area contributed by atoms with E-state index in [4.69, 9.17) is 23.2 Å². The minimum atomic E-state index is -4.67. The summed E-state index contributed by atoms with van der Waals surface area (Å²) in [6, 6.07) is 6.71. The molecule has 1 N–H and O–H groups in total. The van der Waals surface area contributed by atoms with Gasteiger partial charge in [-0.2, -0.15) is 13.2 Å². The largest absolute Gasteiger partial charge is 0.477 e. The molecule has 0 radical (unpaired) electrons. The number of carbonyl (C=O) groups is 1. The first-order valence-electron chi connectivity index (χ1n) is 8.03. The molecule has 0 aliphatic rings. The van der Waals surface area contributed by atoms with Gasteiger partial charge in [0.05, 0.1) is 16.1 Å². The van der Waals surface area contributed by atoms with Crippen LogP contribution in [0.15, 0.2) is 30.3 Å². The van der Waals surface area contributed by atoms with Crippen LogP contribution >= 0.6 is 23.2 Å². The molecule has 3 heterocycles. The van der Waals surface area contributed by atoms with E-state index < -0.39 is 17.8 Å². The third kappa shape index (κ3) is 3.26. The number of fused-ring (bicyclic) bond motifs is 3. The van der Waals surface area contributed by atoms with Crippen LogP contribution in [0.3, 0.4) is 0 Å². The molecule has 1 aromatic carbocycles. The number of aryl methyl sites for hydroxylation is 1. The molecule has 148 valence electrons. The number of alkyl halides is 3. The SMILES string of the molecule is Cc1cc(C(F)(F)F)nc2nn3c(C(=O)O)cc(-c4ccc(Cl)cc4Cl)nc3c12. The molecule has 29 heavy (non-hydrogen) atoms. The monoisotopic (exact) mass is 440 g/mol. The first-order chi connectivity index (χ1) is 13.6. The molecule has 0 aliphatic carbocycles. The van der Waals surface area contributed by atoms with Crippen molar-refractivity contribution in [3.8, 4) is 11.3 Å². The average Bonchev–Trinajstić information content (AvgIpc) is 2.98. The Hall–Kier alpha value is -2.91. The number of carboxylic acids is 1. The number of carboxylic acid groups (broad SMARTS) is 1. The molecule has 0 atom stereocenters. The summed E-state index contributed by atoms with van der Waals surface area (Å²) in [6.45, 7) is 1.45. The lowest BCUT2D eigenvalue weighted by atomic mass is 10.1. The quantitative estimate of drug-likeness (QED) is 0.458. The number of aromatic nitrogens is 4. The van der Waals surface area contributed by atoms with Crippen molar-refractivity contribution in [1.29, 1.82) is 0 Å². The highest BCUT2D eigenvalue weighted by molar-refractivity contribution is 6.36. The summed E-state index contributed by atoms with van der Waals surface area (Å²) in [6.07, 6.45) is -4.67. The van der Waals surface area contributed by atoms with Gasteiger partial charge in [0.2, 0.25) is 0 Å². The number of hydrogen-bond acceptors (Lipinski definition) is 4. The van der Waals surface area contributed by atoms with Gasteiger partial charge in [-0.05, 0) is 42.8 Å². The second-order valence-electron chi connectivity index (χ2n) is 6.21. The molecule has 0 saturated carbocycles. The minimum Gasteiger partial charge on any atom is -0.477 e. The van der Waals surface area contributed by atoms with E-state index >= 15 is 0 Å². The molecule has 0 fully saturated rings. The second-order valence-corrected chi connectivity index (χ2v) is 7.06. The lowest BCUT2D eigenvalue weighted by molar-refractivity contribution is -0.141. The lowest BCUT2D eigenvalue weighted by Gasteiger charge is -2.08. The molecule has 0 amide bonds. The van der Waals surface area contributed by atoms with E-state index in [0.717, 1.165) is 10.6 Å². The van der Waals surface area contributed by atoms with Crippen molar-refractivity contribution in [3.05, 3.63) is 57.3 Å². The Bertz CT molecular complexity index is 1320. The Morgan fingerprint density at radius 3 is 2.48 bits per heavy atom. The standard InChI is InChI=1S/C18H9Cl2F3N4O2/c1-7-4-13(18(21,22)23)25-15-14(7)16-24-11(6-12(17(28)29)27(16)26-15)9-3-2-8(19)5-10(9)20/h2-6H,1H3,(H,28,29). The van der Waals surface area contributed by atoms with Gasteiger partial charge >= 0.3 is 12.1 Å². The topological polar surface area (TPSA) is 80.4 Å². The normalized spacial score (nSPS) is 12.1. The molecular formula is C18H9Cl2F3N4O2. The van der Waals surface area contributed by atoms with Gasteiger partial charge in [0.25, 0.3) is 0 Å². The molecular weight excluding hydrogens is 432 g/mol. The molecule has 4 aromatic rings. The fourth-order valence-electron chi connectivity index (χ4n) is 2.99. The molecule has 0 aliphatic heterocycles. The van der Waals surface area contributed by atoms with Crippen molar-refractivity contribution in [2.24, 2.45) is 0 Å². The fraction of sp³-hybridized carbons (Fsp3) is 0.111. The van der Waals surface area contributed by atoms with Gasteiger partial charge in [-0.1, -0.05) is 23.2 Å². The smallest absolute Gasteiger partial charge is 0.433 e. The minimum absolute atomic E-state index is 0.0552. The van der Waals surface area contributed by atoms with Crippen LogP contribution in [-0.4, -0.2) is 30.7 Å². The van der Waals surface area contributed by atoms with E-state index in [1.54, 1.807) is 12.1 Å². The molecule has 6 nitrogen and oxygen atoms in total. The highest BCUT2D eigenvalue weighted by Gasteiger charge is 2.34. The predicted octanol–water partition coefficient (Wildman–Crippen LogP) is 5.28. The Balaban J connectivity index is 2.09. The predicted molar refractivity (Wildman–Crippen MR) is 100 cm³/mol. The first-order valence-corrected chi connectivity index (χ1v) is 8.79. The molecule has 0 unspecified atom stereocenters. The highest BCUT2D eigenvalue weighted by Crippen LogP contribution is 2.34. The van der Waals surface area contributed by atoms with Crippen molar-refractivity contribution >= 4 is 45.9 Å². The van der Waals surface area contributed by atoms with Gasteiger partial charge in [0.1, 0.15) is 5.69 Å². The number of aromatic carboxylic acids is 1. The van der Waals surface area contributed by atoms with Gasteiger partial charge in [0, 0.05) is 10.6 Å². The van der Waals surface area contributed by atoms with Crippen LogP contribution in [0.2, 0.25) is 10.0 Å². The van der Waals surface area contributed by atoms with Crippen molar-refractivity contribution in [2.75, 3.05) is 0 Å². The number of benzene rings is 1. The van der Waals surface area contributed by atoms with Crippen LogP contribution in [-0.2, 0) is 6.18 Å². The second kappa shape index (κ2) is 6.57. The first kappa shape index (κ1) is 19.4. The average molecular weight is 441 g/mol. The van der Waals surface area contributed by atoms with Crippen LogP contribution in [0.25, 0.3) is 27.9 Å². The van der Waals surface area contributed by atoms with Crippen molar-refractivity contribution in [2.45, 2.75) is 13.1 Å². The Kier molecular flexibility index (Phi) is 4.39. The molecule has 0 bridgehead atoms. The van der Waals surface area contributed by atoms with Gasteiger partial charge in [-0.3, -0.25) is 0 Å². The summed E-state index contributed by atoms with van der Waals surface area (Å²) >= 11 is 12.1. The van der Waals surface area contributed by atoms with E-state index in [1.807, 2.05) is 0 Å². The maximum Gasteiger partial charge on any atom is 0.433 e. The Morgan fingerprint density at radius 2 is 1.86 bits per heavy atom. The van der Waals surface area contributed by atoms with E-state index in [1.165, 1.54) is 19.1 Å². The highest BCUT2D eigenvalue weighted by atomic mass is 35.5. The lowest BCUT2D eigenvalue weighted by Crippen LogP contribution is -2.08. The van der Waals surface area contributed by atoms with Gasteiger partial charge in [-0.15, -0.1) is 5.10 Å². The van der Waals surface area contributed by atoms with Crippen molar-refractivity contribution in [3.63, 3.8) is 0 Å². The molecule has 0 saturated heterocycles. The molecule has 3 aromatic heterocycles. The Labute approximate surface area is 170 Å². The van der Waals surface area contributed by atoms with Crippen molar-refractivity contribution in [1.82, 2.24) is 19.6 Å². The maximum atomic E-state index is 13.1. The van der Waals surface area contributed by atoms with Gasteiger partial charge in [0.15, 0.2) is 17.0 Å². The number of rotatable bonds is 2. The van der Waals surface area contributed by atoms with Gasteiger partial charge < -0.3 is 5.11 Å². The number of pyridine rings is 1. The van der Waals surface area contributed by atoms with Crippen molar-refractivity contribution < 1.29 is 23.1 Å². The van der Waals surface area contributed by atoms with E-state index in [2.05, 4.69) is 15.1 Å². The summed E-state index contributed by atoms with van der Waals surface area (Å²) in [5, 5.41) is 14.4. The van der Waals surface area contributed by atoms with E-state index in [0.29, 0.717) is 10.6 Å². The van der Waals surface area contributed by atoms with Crippen LogP contribution < -0.4 is 0 Å². The summed E-state index contributed by atoms with van der Waals surface area (Å²) in [5.74, 6) is -1.34. The van der Waals surface area contributed by atoms with E-state index in [9.17, 15) is 23.1 Å². The Morgan fingerprint density at radius 1 is 1.14 bits per heavy atom. The summed E-state index contributed by atoms with van der Waals surface area (Å²) in [4.78, 5) is 19.7. The third-order valence-electron chi connectivity index (χ3n) is 4.26. The van der Waals surface area contributed by atoms with Crippen LogP contribution in [0.5, 0.6) is 0 Å². The maximum absolute atomic E-state index is 13.1. The summed E-state index contributed by atoms with van der Waals surface area (Å²) in [7, 11) is 0. The van der Waals surface area contributed by atoms with Crippen LogP contribution in [0.4, 0.5) is 13.2 Å². The molecule has 0 spiro atoms. The fourth-order valence-corrected chi connectivity index (χ4v) is 3.50. The number of hydrogen-bond donors (Lipinski definition) is 1. The molecule has 11 heteroatoms. The zero-order valence-corrected chi connectivity index (χ0v) is 15.9. The zero-order valence-electron chi connectivity index (χ0n) is 14.4. The third-order valence-corrected chi connectivity index (χ3v) is 4.81. The van der Waals surface area contributed by atoms with E-state index in [-0.39, 0.29) is 38.7 Å². The summed E-state index contributed by atoms with van der Waals surface area (Å²) < 4.78 is 40.2. The summed E-state index contributed by atoms with van der Waals surface area (Å²) in [5.41, 5.74) is -0.803. The van der Waals surface area contributed by atoms with Crippen LogP contribution in [0.1, 0.15) is 21.7 Å². The zero-order chi connectivity index (χ0) is 21.1. The van der Waals surface area contributed by atoms with Crippen LogP contribution in [0, 0.1) is 6.92 Å². The van der Waals surface area contributed by atoms with Gasteiger partial charge in [-0.25, -0.2) is 19.3 Å². The number of halogens is 5. The molecule has 4 rings (SSSR count).